The molecular formula is C20H26N4O. The number of piperidine rings is 1. The zero-order valence-corrected chi connectivity index (χ0v) is 14.7. The van der Waals surface area contributed by atoms with Gasteiger partial charge in [-0.25, -0.2) is 9.78 Å². The first-order valence-electron chi connectivity index (χ1n) is 9.40. The molecule has 1 aromatic carbocycles. The molecule has 0 unspecified atom stereocenters. The van der Waals surface area contributed by atoms with E-state index in [1.807, 2.05) is 22.1 Å². The van der Waals surface area contributed by atoms with Gasteiger partial charge in [0, 0.05) is 51.0 Å². The maximum Gasteiger partial charge on any atom is 0.319 e. The first-order valence-corrected chi connectivity index (χ1v) is 9.40. The second kappa shape index (κ2) is 7.30. The van der Waals surface area contributed by atoms with Crippen LogP contribution in [0.15, 0.2) is 42.7 Å². The minimum atomic E-state index is 0.239. The van der Waals surface area contributed by atoms with Crippen LogP contribution in [0.1, 0.15) is 43.0 Å². The molecule has 0 atom stereocenters. The molecule has 0 saturated carbocycles. The molecule has 4 rings (SSSR count). The molecule has 2 fully saturated rings. The van der Waals surface area contributed by atoms with Crippen molar-refractivity contribution in [2.24, 2.45) is 0 Å². The van der Waals surface area contributed by atoms with Crippen molar-refractivity contribution in [3.8, 4) is 0 Å². The summed E-state index contributed by atoms with van der Waals surface area (Å²) in [6.45, 7) is 4.42. The van der Waals surface area contributed by atoms with Gasteiger partial charge in [0.25, 0.3) is 0 Å². The van der Waals surface area contributed by atoms with Crippen LogP contribution >= 0.6 is 0 Å². The number of benzene rings is 1. The number of hydrogen-bond donors (Lipinski definition) is 0. The van der Waals surface area contributed by atoms with Gasteiger partial charge in [-0.05, 0) is 31.2 Å². The highest BCUT2D eigenvalue weighted by Crippen LogP contribution is 2.28. The predicted octanol–water partition coefficient (Wildman–Crippen LogP) is 3.33. The highest BCUT2D eigenvalue weighted by Gasteiger charge is 2.29. The van der Waals surface area contributed by atoms with Gasteiger partial charge in [0.2, 0.25) is 0 Å². The van der Waals surface area contributed by atoms with E-state index in [0.29, 0.717) is 5.92 Å². The van der Waals surface area contributed by atoms with Crippen molar-refractivity contribution in [3.63, 3.8) is 0 Å². The number of aromatic nitrogens is 2. The number of urea groups is 1. The first kappa shape index (κ1) is 16.2. The quantitative estimate of drug-likeness (QED) is 0.861. The number of carbonyl (C=O) groups is 1. The Kier molecular flexibility index (Phi) is 4.72. The molecule has 0 radical (unpaired) electrons. The Labute approximate surface area is 149 Å². The lowest BCUT2D eigenvalue weighted by Crippen LogP contribution is -2.45. The molecule has 2 amide bonds. The summed E-state index contributed by atoms with van der Waals surface area (Å²) in [5, 5.41) is 0. The second-order valence-electron chi connectivity index (χ2n) is 7.14. The number of amides is 2. The largest absolute Gasteiger partial charge is 0.330 e. The molecule has 5 heteroatoms. The summed E-state index contributed by atoms with van der Waals surface area (Å²) in [5.41, 5.74) is 1.29. The van der Waals surface area contributed by atoms with Gasteiger partial charge in [0.1, 0.15) is 5.82 Å². The van der Waals surface area contributed by atoms with E-state index in [0.717, 1.165) is 64.2 Å². The molecule has 2 aliphatic rings. The summed E-state index contributed by atoms with van der Waals surface area (Å²) >= 11 is 0. The molecule has 25 heavy (non-hydrogen) atoms. The van der Waals surface area contributed by atoms with Crippen LogP contribution in [0.3, 0.4) is 0 Å². The highest BCUT2D eigenvalue weighted by molar-refractivity contribution is 5.74. The number of hydrogen-bond acceptors (Lipinski definition) is 2. The fourth-order valence-corrected chi connectivity index (χ4v) is 4.03. The Balaban J connectivity index is 1.38. The second-order valence-corrected chi connectivity index (χ2v) is 7.14. The van der Waals surface area contributed by atoms with Gasteiger partial charge in [-0.1, -0.05) is 30.3 Å². The smallest absolute Gasteiger partial charge is 0.319 e. The summed E-state index contributed by atoms with van der Waals surface area (Å²) in [6, 6.07) is 10.7. The Morgan fingerprint density at radius 1 is 1.00 bits per heavy atom. The van der Waals surface area contributed by atoms with Crippen molar-refractivity contribution in [2.45, 2.75) is 38.1 Å². The lowest BCUT2D eigenvalue weighted by atomic mass is 9.96. The van der Waals surface area contributed by atoms with Crippen molar-refractivity contribution in [2.75, 3.05) is 26.2 Å². The summed E-state index contributed by atoms with van der Waals surface area (Å²) in [6.07, 6.45) is 8.29. The Bertz CT molecular complexity index is 697. The number of imidazole rings is 1. The minimum Gasteiger partial charge on any atom is -0.330 e. The number of carbonyl (C=O) groups excluding carboxylic acids is 1. The molecule has 3 heterocycles. The number of nitrogens with zero attached hydrogens (tertiary/aromatic N) is 4. The highest BCUT2D eigenvalue weighted by atomic mass is 16.2. The molecule has 2 saturated heterocycles. The lowest BCUT2D eigenvalue weighted by Gasteiger charge is -2.34. The molecule has 132 valence electrons. The van der Waals surface area contributed by atoms with Gasteiger partial charge in [-0.3, -0.25) is 0 Å². The maximum absolute atomic E-state index is 12.5. The van der Waals surface area contributed by atoms with Crippen LogP contribution in [0.5, 0.6) is 0 Å². The maximum atomic E-state index is 12.5. The number of rotatable bonds is 3. The molecule has 2 aromatic rings. The van der Waals surface area contributed by atoms with Crippen molar-refractivity contribution in [1.29, 1.82) is 0 Å². The van der Waals surface area contributed by atoms with Crippen LogP contribution in [-0.2, 0) is 6.54 Å². The Morgan fingerprint density at radius 3 is 2.40 bits per heavy atom. The predicted molar refractivity (Wildman–Crippen MR) is 97.5 cm³/mol. The first-order chi connectivity index (χ1) is 12.3. The molecular weight excluding hydrogens is 312 g/mol. The van der Waals surface area contributed by atoms with Crippen LogP contribution in [0.25, 0.3) is 0 Å². The third kappa shape index (κ3) is 3.55. The molecule has 1 aromatic heterocycles. The normalized spacial score (nSPS) is 18.7. The van der Waals surface area contributed by atoms with Crippen LogP contribution in [-0.4, -0.2) is 51.6 Å². The number of likely N-dealkylation sites (tertiary alicyclic amines) is 2. The summed E-state index contributed by atoms with van der Waals surface area (Å²) in [5.74, 6) is 1.61. The third-order valence-corrected chi connectivity index (χ3v) is 5.45. The van der Waals surface area contributed by atoms with E-state index in [4.69, 9.17) is 0 Å². The van der Waals surface area contributed by atoms with E-state index >= 15 is 0 Å². The van der Waals surface area contributed by atoms with E-state index in [-0.39, 0.29) is 6.03 Å². The average molecular weight is 338 g/mol. The molecule has 5 nitrogen and oxygen atoms in total. The monoisotopic (exact) mass is 338 g/mol. The molecule has 0 spiro atoms. The van der Waals surface area contributed by atoms with Gasteiger partial charge in [0.05, 0.1) is 0 Å². The van der Waals surface area contributed by atoms with Crippen molar-refractivity contribution < 1.29 is 4.79 Å². The van der Waals surface area contributed by atoms with Crippen LogP contribution in [0, 0.1) is 0 Å². The van der Waals surface area contributed by atoms with Crippen molar-refractivity contribution in [3.05, 3.63) is 54.1 Å². The fraction of sp³-hybridized carbons (Fsp3) is 0.500. The van der Waals surface area contributed by atoms with E-state index in [9.17, 15) is 4.79 Å². The van der Waals surface area contributed by atoms with E-state index in [1.165, 1.54) is 5.56 Å². The van der Waals surface area contributed by atoms with E-state index < -0.39 is 0 Å². The Morgan fingerprint density at radius 2 is 1.68 bits per heavy atom. The van der Waals surface area contributed by atoms with Gasteiger partial charge < -0.3 is 14.4 Å². The van der Waals surface area contributed by atoms with E-state index in [1.54, 1.807) is 0 Å². The molecule has 0 bridgehead atoms. The summed E-state index contributed by atoms with van der Waals surface area (Å²) < 4.78 is 2.26. The topological polar surface area (TPSA) is 41.4 Å². The fourth-order valence-electron chi connectivity index (χ4n) is 4.03. The van der Waals surface area contributed by atoms with Gasteiger partial charge in [-0.2, -0.15) is 0 Å². The van der Waals surface area contributed by atoms with Crippen molar-refractivity contribution in [1.82, 2.24) is 19.4 Å². The van der Waals surface area contributed by atoms with Gasteiger partial charge in [0.15, 0.2) is 0 Å². The zero-order chi connectivity index (χ0) is 17.1. The van der Waals surface area contributed by atoms with Crippen LogP contribution in [0.4, 0.5) is 4.79 Å². The zero-order valence-electron chi connectivity index (χ0n) is 14.7. The Hall–Kier alpha value is -2.30. The molecule has 0 aliphatic carbocycles. The van der Waals surface area contributed by atoms with Gasteiger partial charge in [-0.15, -0.1) is 0 Å². The summed E-state index contributed by atoms with van der Waals surface area (Å²) in [4.78, 5) is 21.2. The van der Waals surface area contributed by atoms with E-state index in [2.05, 4.69) is 40.0 Å². The molecule has 0 N–H and O–H groups in total. The SMILES string of the molecule is O=C(N1CCCC1)N1CCC(c2nccn2Cc2ccccc2)CC1. The van der Waals surface area contributed by atoms with Crippen LogP contribution < -0.4 is 0 Å². The average Bonchev–Trinajstić information content (AvgIpc) is 3.34. The standard InChI is InChI=1S/C20H26N4O/c25-20(22-11-4-5-12-22)23-13-8-18(9-14-23)19-21-10-15-24(19)16-17-6-2-1-3-7-17/h1-3,6-7,10,15,18H,4-5,8-9,11-14,16H2. The summed E-state index contributed by atoms with van der Waals surface area (Å²) in [7, 11) is 0. The van der Waals surface area contributed by atoms with Gasteiger partial charge >= 0.3 is 6.03 Å². The third-order valence-electron chi connectivity index (χ3n) is 5.45. The van der Waals surface area contributed by atoms with Crippen LogP contribution in [0.2, 0.25) is 0 Å². The molecule has 2 aliphatic heterocycles. The minimum absolute atomic E-state index is 0.239. The lowest BCUT2D eigenvalue weighted by molar-refractivity contribution is 0.147. The van der Waals surface area contributed by atoms with Crippen molar-refractivity contribution >= 4 is 6.03 Å².